The van der Waals surface area contributed by atoms with Crippen LogP contribution >= 0.6 is 27.7 Å². The minimum absolute atomic E-state index is 0.0478. The van der Waals surface area contributed by atoms with E-state index in [2.05, 4.69) is 31.2 Å². The molecular weight excluding hydrogens is 395 g/mol. The van der Waals surface area contributed by atoms with Crippen molar-refractivity contribution in [1.29, 1.82) is 0 Å². The summed E-state index contributed by atoms with van der Waals surface area (Å²) < 4.78 is 40.1. The first-order chi connectivity index (χ1) is 10.7. The van der Waals surface area contributed by atoms with Crippen molar-refractivity contribution in [2.24, 2.45) is 0 Å². The van der Waals surface area contributed by atoms with Gasteiger partial charge in [-0.3, -0.25) is 4.79 Å². The number of hydrogen-bond acceptors (Lipinski definition) is 4. The summed E-state index contributed by atoms with van der Waals surface area (Å²) in [4.78, 5) is 19.3. The van der Waals surface area contributed by atoms with Crippen LogP contribution in [-0.4, -0.2) is 22.1 Å². The lowest BCUT2D eigenvalue weighted by Gasteiger charge is -2.13. The molecule has 23 heavy (non-hydrogen) atoms. The molecule has 1 amide bonds. The fraction of sp³-hybridized carbons (Fsp3) is 0.214. The molecule has 0 bridgehead atoms. The van der Waals surface area contributed by atoms with Crippen molar-refractivity contribution >= 4 is 39.3 Å². The summed E-state index contributed by atoms with van der Waals surface area (Å²) in [6.45, 7) is 1.80. The van der Waals surface area contributed by atoms with Crippen molar-refractivity contribution in [2.45, 2.75) is 18.3 Å². The van der Waals surface area contributed by atoms with Crippen LogP contribution in [0.15, 0.2) is 34.0 Å². The Morgan fingerprint density at radius 2 is 2.04 bits per heavy atom. The van der Waals surface area contributed by atoms with Crippen LogP contribution in [0.1, 0.15) is 21.6 Å². The SMILES string of the molecule is CSc1ncc(C(=O)Nc2ccc(Br)c(C)c2)c(C(F)(F)F)n1. The predicted octanol–water partition coefficient (Wildman–Crippen LogP) is 4.54. The zero-order chi connectivity index (χ0) is 17.2. The molecule has 0 spiro atoms. The average molecular weight is 406 g/mol. The van der Waals surface area contributed by atoms with Crippen LogP contribution in [0, 0.1) is 6.92 Å². The van der Waals surface area contributed by atoms with Gasteiger partial charge >= 0.3 is 6.18 Å². The lowest BCUT2D eigenvalue weighted by Crippen LogP contribution is -2.21. The number of rotatable bonds is 3. The standard InChI is InChI=1S/C14H11BrF3N3OS/c1-7-5-8(3-4-10(7)15)20-12(22)9-6-19-13(23-2)21-11(9)14(16,17)18/h3-6H,1-2H3,(H,20,22). The summed E-state index contributed by atoms with van der Waals surface area (Å²) in [6.07, 6.45) is -2.29. The maximum absolute atomic E-state index is 13.1. The van der Waals surface area contributed by atoms with Gasteiger partial charge in [0.2, 0.25) is 0 Å². The number of aryl methyl sites for hydroxylation is 1. The Morgan fingerprint density at radius 3 is 2.61 bits per heavy atom. The van der Waals surface area contributed by atoms with E-state index in [1.807, 2.05) is 0 Å². The van der Waals surface area contributed by atoms with Gasteiger partial charge in [-0.15, -0.1) is 0 Å². The molecule has 2 rings (SSSR count). The number of hydrogen-bond donors (Lipinski definition) is 1. The van der Waals surface area contributed by atoms with Gasteiger partial charge in [0.15, 0.2) is 10.9 Å². The van der Waals surface area contributed by atoms with E-state index in [0.717, 1.165) is 28.0 Å². The van der Waals surface area contributed by atoms with Crippen molar-refractivity contribution in [1.82, 2.24) is 9.97 Å². The molecule has 0 unspecified atom stereocenters. The first-order valence-electron chi connectivity index (χ1n) is 6.28. The number of nitrogens with one attached hydrogen (secondary N) is 1. The van der Waals surface area contributed by atoms with Crippen LogP contribution in [0.25, 0.3) is 0 Å². The molecule has 1 aromatic heterocycles. The molecule has 0 fully saturated rings. The Morgan fingerprint density at radius 1 is 1.35 bits per heavy atom. The van der Waals surface area contributed by atoms with Crippen LogP contribution in [0.3, 0.4) is 0 Å². The van der Waals surface area contributed by atoms with Crippen LogP contribution in [0.2, 0.25) is 0 Å². The van der Waals surface area contributed by atoms with E-state index in [1.165, 1.54) is 0 Å². The number of alkyl halides is 3. The molecule has 0 aliphatic heterocycles. The van der Waals surface area contributed by atoms with Crippen LogP contribution in [-0.2, 0) is 6.18 Å². The van der Waals surface area contributed by atoms with Gasteiger partial charge in [-0.1, -0.05) is 27.7 Å². The zero-order valence-electron chi connectivity index (χ0n) is 12.0. The number of carbonyl (C=O) groups is 1. The molecule has 122 valence electrons. The Bertz CT molecular complexity index is 753. The third-order valence-corrected chi connectivity index (χ3v) is 4.33. The molecular formula is C14H11BrF3N3OS. The van der Waals surface area contributed by atoms with E-state index in [4.69, 9.17) is 0 Å². The van der Waals surface area contributed by atoms with Gasteiger partial charge in [0.25, 0.3) is 5.91 Å². The Hall–Kier alpha value is -1.61. The number of aromatic nitrogens is 2. The highest BCUT2D eigenvalue weighted by Gasteiger charge is 2.38. The van der Waals surface area contributed by atoms with Gasteiger partial charge < -0.3 is 5.32 Å². The Kier molecular flexibility index (Phi) is 5.30. The number of nitrogens with zero attached hydrogens (tertiary/aromatic N) is 2. The monoisotopic (exact) mass is 405 g/mol. The van der Waals surface area contributed by atoms with Crippen molar-refractivity contribution in [2.75, 3.05) is 11.6 Å². The van der Waals surface area contributed by atoms with Crippen molar-refractivity contribution in [3.8, 4) is 0 Å². The Labute approximate surface area is 143 Å². The average Bonchev–Trinajstić information content (AvgIpc) is 2.49. The molecule has 0 radical (unpaired) electrons. The second kappa shape index (κ2) is 6.88. The number of halogens is 4. The minimum atomic E-state index is -4.74. The van der Waals surface area contributed by atoms with Crippen molar-refractivity contribution < 1.29 is 18.0 Å². The maximum Gasteiger partial charge on any atom is 0.434 e. The lowest BCUT2D eigenvalue weighted by molar-refractivity contribution is -0.142. The van der Waals surface area contributed by atoms with Crippen molar-refractivity contribution in [3.63, 3.8) is 0 Å². The normalized spacial score (nSPS) is 11.4. The van der Waals surface area contributed by atoms with E-state index in [-0.39, 0.29) is 5.16 Å². The zero-order valence-corrected chi connectivity index (χ0v) is 14.4. The third-order valence-electron chi connectivity index (χ3n) is 2.88. The fourth-order valence-electron chi connectivity index (χ4n) is 1.77. The first-order valence-corrected chi connectivity index (χ1v) is 8.30. The topological polar surface area (TPSA) is 54.9 Å². The number of amides is 1. The molecule has 2 aromatic rings. The van der Waals surface area contributed by atoms with Crippen LogP contribution in [0.5, 0.6) is 0 Å². The van der Waals surface area contributed by atoms with Crippen LogP contribution < -0.4 is 5.32 Å². The number of carbonyl (C=O) groups excluding carboxylic acids is 1. The molecule has 0 atom stereocenters. The smallest absolute Gasteiger partial charge is 0.322 e. The molecule has 0 aliphatic carbocycles. The minimum Gasteiger partial charge on any atom is -0.322 e. The second-order valence-corrected chi connectivity index (χ2v) is 6.16. The van der Waals surface area contributed by atoms with E-state index < -0.39 is 23.3 Å². The summed E-state index contributed by atoms with van der Waals surface area (Å²) in [5, 5.41) is 2.38. The molecule has 0 saturated carbocycles. The lowest BCUT2D eigenvalue weighted by atomic mass is 10.2. The molecule has 1 aromatic carbocycles. The molecule has 4 nitrogen and oxygen atoms in total. The van der Waals surface area contributed by atoms with E-state index in [9.17, 15) is 18.0 Å². The molecule has 0 aliphatic rings. The van der Waals surface area contributed by atoms with Gasteiger partial charge in [0.05, 0.1) is 5.56 Å². The third kappa shape index (κ3) is 4.23. The van der Waals surface area contributed by atoms with Gasteiger partial charge in [0.1, 0.15) is 0 Å². The van der Waals surface area contributed by atoms with Gasteiger partial charge in [0, 0.05) is 16.4 Å². The highest BCUT2D eigenvalue weighted by molar-refractivity contribution is 9.10. The highest BCUT2D eigenvalue weighted by Crippen LogP contribution is 2.31. The highest BCUT2D eigenvalue weighted by atomic mass is 79.9. The van der Waals surface area contributed by atoms with E-state index >= 15 is 0 Å². The van der Waals surface area contributed by atoms with Crippen LogP contribution in [0.4, 0.5) is 18.9 Å². The Balaban J connectivity index is 2.36. The number of thioether (sulfide) groups is 1. The fourth-order valence-corrected chi connectivity index (χ4v) is 2.35. The first kappa shape index (κ1) is 17.7. The molecule has 1 N–H and O–H groups in total. The quantitative estimate of drug-likeness (QED) is 0.601. The van der Waals surface area contributed by atoms with E-state index in [1.54, 1.807) is 31.4 Å². The largest absolute Gasteiger partial charge is 0.434 e. The summed E-state index contributed by atoms with van der Waals surface area (Å²) in [5.74, 6) is -0.910. The summed E-state index contributed by atoms with van der Waals surface area (Å²) in [5.41, 5.74) is -0.635. The molecule has 9 heteroatoms. The summed E-state index contributed by atoms with van der Waals surface area (Å²) in [7, 11) is 0. The number of anilines is 1. The van der Waals surface area contributed by atoms with Gasteiger partial charge in [-0.25, -0.2) is 9.97 Å². The summed E-state index contributed by atoms with van der Waals surface area (Å²) >= 11 is 4.28. The maximum atomic E-state index is 13.1. The van der Waals surface area contributed by atoms with E-state index in [0.29, 0.717) is 5.69 Å². The second-order valence-electron chi connectivity index (χ2n) is 4.53. The number of benzene rings is 1. The molecule has 0 saturated heterocycles. The van der Waals surface area contributed by atoms with Gasteiger partial charge in [-0.2, -0.15) is 13.2 Å². The summed E-state index contributed by atoms with van der Waals surface area (Å²) in [6, 6.07) is 4.93. The molecule has 1 heterocycles. The van der Waals surface area contributed by atoms with Gasteiger partial charge in [-0.05, 0) is 36.9 Å². The predicted molar refractivity (Wildman–Crippen MR) is 85.6 cm³/mol. The van der Waals surface area contributed by atoms with Crippen molar-refractivity contribution in [3.05, 3.63) is 45.7 Å².